The monoisotopic (exact) mass is 361 g/mol. The number of hydrogen-bond donors (Lipinski definition) is 2. The van der Waals surface area contributed by atoms with Crippen molar-refractivity contribution >= 4 is 17.3 Å². The van der Waals surface area contributed by atoms with Crippen LogP contribution in [0.25, 0.3) is 0 Å². The number of rotatable bonds is 7. The van der Waals surface area contributed by atoms with E-state index in [4.69, 9.17) is 4.74 Å². The Balaban J connectivity index is 1.96. The fraction of sp³-hybridized carbons (Fsp3) is 0.444. The van der Waals surface area contributed by atoms with E-state index in [-0.39, 0.29) is 6.04 Å². The van der Waals surface area contributed by atoms with Crippen LogP contribution in [0.4, 0.5) is 0 Å². The number of hydrogen-bond acceptors (Lipinski definition) is 5. The van der Waals surface area contributed by atoms with Crippen molar-refractivity contribution in [3.05, 3.63) is 45.9 Å². The van der Waals surface area contributed by atoms with E-state index < -0.39 is 0 Å². The van der Waals surface area contributed by atoms with Crippen molar-refractivity contribution in [1.29, 1.82) is 0 Å². The Morgan fingerprint density at radius 3 is 2.76 bits per heavy atom. The highest BCUT2D eigenvalue weighted by Crippen LogP contribution is 2.22. The number of likely N-dealkylation sites (N-methyl/N-ethyl adjacent to an activating group) is 1. The van der Waals surface area contributed by atoms with E-state index >= 15 is 0 Å². The third-order valence-corrected chi connectivity index (χ3v) is 4.78. The third kappa shape index (κ3) is 5.72. The van der Waals surface area contributed by atoms with Gasteiger partial charge in [-0.15, -0.1) is 11.3 Å². The van der Waals surface area contributed by atoms with Crippen LogP contribution in [0.1, 0.15) is 21.5 Å². The van der Waals surface area contributed by atoms with Gasteiger partial charge < -0.3 is 20.3 Å². The standard InChI is InChI=1S/C18H27N5OS/c1-13-10-20-17(25-13)12-22-18(19-2)21-11-16(23(3)4)14-7-6-8-15(9-14)24-5/h6-10,16H,11-12H2,1-5H3,(H2,19,21,22). The highest BCUT2D eigenvalue weighted by molar-refractivity contribution is 7.11. The summed E-state index contributed by atoms with van der Waals surface area (Å²) in [6.45, 7) is 3.46. The molecule has 0 bridgehead atoms. The molecule has 1 heterocycles. The number of aryl methyl sites for hydroxylation is 1. The zero-order valence-electron chi connectivity index (χ0n) is 15.5. The Hall–Kier alpha value is -2.12. The first-order valence-electron chi connectivity index (χ1n) is 8.19. The molecule has 0 radical (unpaired) electrons. The Bertz CT molecular complexity index is 698. The summed E-state index contributed by atoms with van der Waals surface area (Å²) in [4.78, 5) is 12.1. The molecular formula is C18H27N5OS. The zero-order chi connectivity index (χ0) is 18.2. The topological polar surface area (TPSA) is 61.8 Å². The number of aromatic nitrogens is 1. The van der Waals surface area contributed by atoms with Crippen LogP contribution in [0.2, 0.25) is 0 Å². The van der Waals surface area contributed by atoms with Crippen molar-refractivity contribution in [3.8, 4) is 5.75 Å². The van der Waals surface area contributed by atoms with E-state index in [2.05, 4.69) is 58.7 Å². The second-order valence-electron chi connectivity index (χ2n) is 5.93. The van der Waals surface area contributed by atoms with E-state index in [0.29, 0.717) is 6.54 Å². The summed E-state index contributed by atoms with van der Waals surface area (Å²) in [5.74, 6) is 1.63. The number of aliphatic imine (C=N–C) groups is 1. The van der Waals surface area contributed by atoms with Crippen molar-refractivity contribution in [3.63, 3.8) is 0 Å². The largest absolute Gasteiger partial charge is 0.497 e. The maximum absolute atomic E-state index is 5.34. The predicted octanol–water partition coefficient (Wildman–Crippen LogP) is 2.43. The maximum atomic E-state index is 5.34. The van der Waals surface area contributed by atoms with Gasteiger partial charge in [0.2, 0.25) is 0 Å². The Labute approximate surface area is 154 Å². The number of benzene rings is 1. The number of thiazole rings is 1. The van der Waals surface area contributed by atoms with Crippen LogP contribution in [0, 0.1) is 6.92 Å². The lowest BCUT2D eigenvalue weighted by Crippen LogP contribution is -2.41. The summed E-state index contributed by atoms with van der Waals surface area (Å²) in [5.41, 5.74) is 1.20. The summed E-state index contributed by atoms with van der Waals surface area (Å²) in [6, 6.07) is 8.36. The Morgan fingerprint density at radius 2 is 2.16 bits per heavy atom. The molecule has 0 spiro atoms. The molecular weight excluding hydrogens is 334 g/mol. The van der Waals surface area contributed by atoms with Crippen LogP contribution in [0.5, 0.6) is 5.75 Å². The van der Waals surface area contributed by atoms with Crippen LogP contribution in [-0.2, 0) is 6.54 Å². The molecule has 1 aromatic heterocycles. The van der Waals surface area contributed by atoms with Gasteiger partial charge in [-0.3, -0.25) is 4.99 Å². The van der Waals surface area contributed by atoms with E-state index in [1.54, 1.807) is 25.5 Å². The van der Waals surface area contributed by atoms with Crippen LogP contribution in [0.15, 0.2) is 35.5 Å². The Kier molecular flexibility index (Phi) is 7.21. The quantitative estimate of drug-likeness (QED) is 0.586. The fourth-order valence-electron chi connectivity index (χ4n) is 2.50. The summed E-state index contributed by atoms with van der Waals surface area (Å²) in [7, 11) is 7.60. The molecule has 0 amide bonds. The van der Waals surface area contributed by atoms with E-state index in [1.165, 1.54) is 10.4 Å². The molecule has 2 aromatic rings. The first-order chi connectivity index (χ1) is 12.0. The first-order valence-corrected chi connectivity index (χ1v) is 9.01. The van der Waals surface area contributed by atoms with Crippen LogP contribution < -0.4 is 15.4 Å². The van der Waals surface area contributed by atoms with E-state index in [0.717, 1.165) is 23.3 Å². The average molecular weight is 362 g/mol. The van der Waals surface area contributed by atoms with Gasteiger partial charge in [0.15, 0.2) is 5.96 Å². The molecule has 25 heavy (non-hydrogen) atoms. The average Bonchev–Trinajstić information content (AvgIpc) is 3.03. The minimum absolute atomic E-state index is 0.204. The summed E-state index contributed by atoms with van der Waals surface area (Å²) < 4.78 is 5.34. The minimum Gasteiger partial charge on any atom is -0.497 e. The van der Waals surface area contributed by atoms with Gasteiger partial charge in [-0.05, 0) is 38.7 Å². The lowest BCUT2D eigenvalue weighted by atomic mass is 10.1. The SMILES string of the molecule is CN=C(NCc1ncc(C)s1)NCC(c1cccc(OC)c1)N(C)C. The second kappa shape index (κ2) is 9.39. The molecule has 0 aliphatic carbocycles. The number of guanidine groups is 1. The van der Waals surface area contributed by atoms with Crippen molar-refractivity contribution in [2.75, 3.05) is 34.8 Å². The molecule has 136 valence electrons. The predicted molar refractivity (Wildman–Crippen MR) is 104 cm³/mol. The van der Waals surface area contributed by atoms with Crippen molar-refractivity contribution in [2.24, 2.45) is 4.99 Å². The molecule has 1 atom stereocenters. The van der Waals surface area contributed by atoms with Gasteiger partial charge in [0.1, 0.15) is 10.8 Å². The molecule has 0 aliphatic heterocycles. The van der Waals surface area contributed by atoms with Crippen LogP contribution >= 0.6 is 11.3 Å². The number of methoxy groups -OCH3 is 1. The molecule has 0 saturated carbocycles. The normalized spacial score (nSPS) is 13.0. The van der Waals surface area contributed by atoms with E-state index in [1.807, 2.05) is 18.3 Å². The maximum Gasteiger partial charge on any atom is 0.191 e. The smallest absolute Gasteiger partial charge is 0.191 e. The summed E-state index contributed by atoms with van der Waals surface area (Å²) in [5, 5.41) is 7.76. The Morgan fingerprint density at radius 1 is 1.36 bits per heavy atom. The molecule has 2 rings (SSSR count). The molecule has 2 N–H and O–H groups in total. The number of ether oxygens (including phenoxy) is 1. The highest BCUT2D eigenvalue weighted by Gasteiger charge is 2.15. The first kappa shape index (κ1) is 19.2. The van der Waals surface area contributed by atoms with Crippen LogP contribution in [0.3, 0.4) is 0 Å². The summed E-state index contributed by atoms with van der Waals surface area (Å²) >= 11 is 1.69. The molecule has 0 saturated heterocycles. The summed E-state index contributed by atoms with van der Waals surface area (Å²) in [6.07, 6.45) is 1.89. The number of nitrogens with one attached hydrogen (secondary N) is 2. The van der Waals surface area contributed by atoms with Gasteiger partial charge in [-0.2, -0.15) is 0 Å². The molecule has 1 aromatic carbocycles. The van der Waals surface area contributed by atoms with Gasteiger partial charge in [-0.25, -0.2) is 4.98 Å². The van der Waals surface area contributed by atoms with Crippen molar-refractivity contribution in [1.82, 2.24) is 20.5 Å². The van der Waals surface area contributed by atoms with Crippen molar-refractivity contribution in [2.45, 2.75) is 19.5 Å². The number of nitrogens with zero attached hydrogens (tertiary/aromatic N) is 3. The molecule has 7 heteroatoms. The minimum atomic E-state index is 0.204. The molecule has 6 nitrogen and oxygen atoms in total. The van der Waals surface area contributed by atoms with E-state index in [9.17, 15) is 0 Å². The van der Waals surface area contributed by atoms with Gasteiger partial charge in [0.25, 0.3) is 0 Å². The molecule has 0 fully saturated rings. The molecule has 1 unspecified atom stereocenters. The zero-order valence-corrected chi connectivity index (χ0v) is 16.4. The van der Waals surface area contributed by atoms with Crippen LogP contribution in [-0.4, -0.2) is 50.6 Å². The second-order valence-corrected chi connectivity index (χ2v) is 7.25. The van der Waals surface area contributed by atoms with Gasteiger partial charge >= 0.3 is 0 Å². The molecule has 0 aliphatic rings. The van der Waals surface area contributed by atoms with Gasteiger partial charge in [0.05, 0.1) is 19.7 Å². The third-order valence-electron chi connectivity index (χ3n) is 3.86. The lowest BCUT2D eigenvalue weighted by molar-refractivity contribution is 0.297. The fourth-order valence-corrected chi connectivity index (χ4v) is 3.23. The highest BCUT2D eigenvalue weighted by atomic mass is 32.1. The lowest BCUT2D eigenvalue weighted by Gasteiger charge is -2.26. The van der Waals surface area contributed by atoms with Crippen molar-refractivity contribution < 1.29 is 4.74 Å². The van der Waals surface area contributed by atoms with Gasteiger partial charge in [-0.1, -0.05) is 12.1 Å². The van der Waals surface area contributed by atoms with Gasteiger partial charge in [0, 0.05) is 24.7 Å².